The second kappa shape index (κ2) is 5.44. The molecular formula is C11H13FN2O4. The third-order valence-electron chi connectivity index (χ3n) is 2.24. The molecule has 1 aromatic carbocycles. The van der Waals surface area contributed by atoms with Gasteiger partial charge in [0.05, 0.1) is 23.3 Å². The number of halogens is 1. The molecule has 0 aliphatic rings. The number of nitro groups is 1. The molecule has 98 valence electrons. The van der Waals surface area contributed by atoms with E-state index in [-0.39, 0.29) is 17.9 Å². The number of ether oxygens (including phenoxy) is 1. The fourth-order valence-electron chi connectivity index (χ4n) is 1.42. The van der Waals surface area contributed by atoms with Crippen molar-refractivity contribution in [2.24, 2.45) is 0 Å². The number of anilines is 1. The highest BCUT2D eigenvalue weighted by molar-refractivity contribution is 5.95. The summed E-state index contributed by atoms with van der Waals surface area (Å²) in [5, 5.41) is 10.8. The van der Waals surface area contributed by atoms with Gasteiger partial charge in [-0.3, -0.25) is 10.1 Å². The molecule has 0 amide bonds. The van der Waals surface area contributed by atoms with Crippen LogP contribution in [0, 0.1) is 15.9 Å². The highest BCUT2D eigenvalue weighted by Gasteiger charge is 2.25. The van der Waals surface area contributed by atoms with Gasteiger partial charge in [-0.1, -0.05) is 0 Å². The van der Waals surface area contributed by atoms with Gasteiger partial charge in [-0.25, -0.2) is 9.18 Å². The van der Waals surface area contributed by atoms with Crippen LogP contribution in [0.1, 0.15) is 17.3 Å². The highest BCUT2D eigenvalue weighted by Crippen LogP contribution is 2.28. The maximum atomic E-state index is 13.6. The number of rotatable bonds is 4. The van der Waals surface area contributed by atoms with Crippen molar-refractivity contribution in [1.82, 2.24) is 0 Å². The molecule has 0 bridgehead atoms. The molecule has 0 spiro atoms. The molecule has 0 heterocycles. The average molecular weight is 256 g/mol. The summed E-state index contributed by atoms with van der Waals surface area (Å²) < 4.78 is 18.3. The average Bonchev–Trinajstić information content (AvgIpc) is 2.28. The van der Waals surface area contributed by atoms with Gasteiger partial charge in [0.1, 0.15) is 5.56 Å². The maximum absolute atomic E-state index is 13.6. The number of esters is 1. The monoisotopic (exact) mass is 256 g/mol. The quantitative estimate of drug-likeness (QED) is 0.468. The van der Waals surface area contributed by atoms with E-state index in [0.29, 0.717) is 0 Å². The molecule has 0 fully saturated rings. The summed E-state index contributed by atoms with van der Waals surface area (Å²) in [5.41, 5.74) is -0.771. The van der Waals surface area contributed by atoms with Crippen LogP contribution in [-0.4, -0.2) is 31.6 Å². The predicted octanol–water partition coefficient (Wildman–Crippen LogP) is 1.98. The Morgan fingerprint density at radius 1 is 1.50 bits per heavy atom. The van der Waals surface area contributed by atoms with E-state index in [1.165, 1.54) is 4.90 Å². The van der Waals surface area contributed by atoms with Gasteiger partial charge in [0.25, 0.3) is 5.69 Å². The van der Waals surface area contributed by atoms with E-state index >= 15 is 0 Å². The molecule has 0 unspecified atom stereocenters. The predicted molar refractivity (Wildman–Crippen MR) is 63.3 cm³/mol. The molecule has 0 radical (unpaired) electrons. The second-order valence-corrected chi connectivity index (χ2v) is 3.69. The van der Waals surface area contributed by atoms with Crippen LogP contribution in [-0.2, 0) is 4.74 Å². The third-order valence-corrected chi connectivity index (χ3v) is 2.24. The number of benzene rings is 1. The lowest BCUT2D eigenvalue weighted by atomic mass is 10.1. The first kappa shape index (κ1) is 13.9. The molecule has 0 aliphatic carbocycles. The summed E-state index contributed by atoms with van der Waals surface area (Å²) in [6, 6.07) is 1.84. The van der Waals surface area contributed by atoms with Crippen molar-refractivity contribution in [1.29, 1.82) is 0 Å². The number of carbonyl (C=O) groups excluding carboxylic acids is 1. The van der Waals surface area contributed by atoms with Gasteiger partial charge in [0.2, 0.25) is 0 Å². The van der Waals surface area contributed by atoms with Crippen molar-refractivity contribution in [2.45, 2.75) is 6.92 Å². The van der Waals surface area contributed by atoms with E-state index in [0.717, 1.165) is 12.1 Å². The molecule has 0 atom stereocenters. The number of nitrogens with zero attached hydrogens (tertiary/aromatic N) is 2. The van der Waals surface area contributed by atoms with Crippen LogP contribution in [0.25, 0.3) is 0 Å². The van der Waals surface area contributed by atoms with Gasteiger partial charge in [-0.2, -0.15) is 0 Å². The van der Waals surface area contributed by atoms with Crippen LogP contribution in [0.3, 0.4) is 0 Å². The molecule has 0 saturated carbocycles. The lowest BCUT2D eigenvalue weighted by Gasteiger charge is -2.14. The van der Waals surface area contributed by atoms with Crippen molar-refractivity contribution >= 4 is 17.3 Å². The Kier molecular flexibility index (Phi) is 4.19. The van der Waals surface area contributed by atoms with Crippen LogP contribution in [0.15, 0.2) is 12.1 Å². The lowest BCUT2D eigenvalue weighted by molar-refractivity contribution is -0.385. The number of hydrogen-bond acceptors (Lipinski definition) is 5. The van der Waals surface area contributed by atoms with Crippen LogP contribution in [0.5, 0.6) is 0 Å². The fraction of sp³-hybridized carbons (Fsp3) is 0.364. The van der Waals surface area contributed by atoms with Gasteiger partial charge < -0.3 is 9.64 Å². The van der Waals surface area contributed by atoms with Gasteiger partial charge >= 0.3 is 5.97 Å². The fourth-order valence-corrected chi connectivity index (χ4v) is 1.42. The van der Waals surface area contributed by atoms with E-state index in [9.17, 15) is 19.3 Å². The minimum absolute atomic E-state index is 0.0867. The molecule has 0 aromatic heterocycles. The summed E-state index contributed by atoms with van der Waals surface area (Å²) in [7, 11) is 3.14. The maximum Gasteiger partial charge on any atom is 0.345 e. The normalized spacial score (nSPS) is 10.0. The molecule has 0 saturated heterocycles. The van der Waals surface area contributed by atoms with Gasteiger partial charge in [0.15, 0.2) is 5.82 Å². The largest absolute Gasteiger partial charge is 0.462 e. The van der Waals surface area contributed by atoms with Crippen molar-refractivity contribution in [3.8, 4) is 0 Å². The molecule has 18 heavy (non-hydrogen) atoms. The molecule has 1 rings (SSSR count). The Morgan fingerprint density at radius 2 is 2.11 bits per heavy atom. The second-order valence-electron chi connectivity index (χ2n) is 3.69. The lowest BCUT2D eigenvalue weighted by Crippen LogP contribution is -2.14. The van der Waals surface area contributed by atoms with Crippen LogP contribution in [0.2, 0.25) is 0 Å². The van der Waals surface area contributed by atoms with E-state index in [1.54, 1.807) is 21.0 Å². The zero-order chi connectivity index (χ0) is 13.9. The Hall–Kier alpha value is -2.18. The minimum Gasteiger partial charge on any atom is -0.462 e. The van der Waals surface area contributed by atoms with Crippen LogP contribution < -0.4 is 4.90 Å². The molecule has 1 aromatic rings. The van der Waals surface area contributed by atoms with Crippen molar-refractivity contribution < 1.29 is 18.8 Å². The SMILES string of the molecule is CCOC(=O)c1cc(N(C)C)c(F)cc1[N+](=O)[O-]. The van der Waals surface area contributed by atoms with Gasteiger partial charge in [-0.15, -0.1) is 0 Å². The molecule has 7 heteroatoms. The number of nitro benzene ring substituents is 1. The molecule has 0 aliphatic heterocycles. The van der Waals surface area contributed by atoms with E-state index in [2.05, 4.69) is 0 Å². The summed E-state index contributed by atoms with van der Waals surface area (Å²) >= 11 is 0. The molecule has 0 N–H and O–H groups in total. The standard InChI is InChI=1S/C11H13FN2O4/c1-4-18-11(15)7-5-10(13(2)3)8(12)6-9(7)14(16)17/h5-6H,4H2,1-3H3. The van der Waals surface area contributed by atoms with E-state index < -0.39 is 22.4 Å². The van der Waals surface area contributed by atoms with Crippen LogP contribution in [0.4, 0.5) is 15.8 Å². The van der Waals surface area contributed by atoms with Crippen molar-refractivity contribution in [3.05, 3.63) is 33.6 Å². The van der Waals surface area contributed by atoms with Crippen LogP contribution >= 0.6 is 0 Å². The first-order chi connectivity index (χ1) is 8.38. The van der Waals surface area contributed by atoms with Gasteiger partial charge in [0, 0.05) is 14.1 Å². The van der Waals surface area contributed by atoms with E-state index in [4.69, 9.17) is 4.74 Å². The Morgan fingerprint density at radius 3 is 2.56 bits per heavy atom. The molecule has 6 nitrogen and oxygen atoms in total. The zero-order valence-electron chi connectivity index (χ0n) is 10.3. The summed E-state index contributed by atoms with van der Waals surface area (Å²) in [6.45, 7) is 1.67. The van der Waals surface area contributed by atoms with E-state index in [1.807, 2.05) is 0 Å². The smallest absolute Gasteiger partial charge is 0.345 e. The first-order valence-corrected chi connectivity index (χ1v) is 5.20. The Labute approximate surface area is 103 Å². The molecular weight excluding hydrogens is 243 g/mol. The van der Waals surface area contributed by atoms with Gasteiger partial charge in [-0.05, 0) is 13.0 Å². The van der Waals surface area contributed by atoms with Crippen molar-refractivity contribution in [2.75, 3.05) is 25.6 Å². The number of hydrogen-bond donors (Lipinski definition) is 0. The Bertz CT molecular complexity index is 488. The topological polar surface area (TPSA) is 72.7 Å². The third kappa shape index (κ3) is 2.73. The Balaban J connectivity index is 3.40. The summed E-state index contributed by atoms with van der Waals surface area (Å²) in [4.78, 5) is 23.0. The summed E-state index contributed by atoms with van der Waals surface area (Å²) in [6.07, 6.45) is 0. The van der Waals surface area contributed by atoms with Crippen molar-refractivity contribution in [3.63, 3.8) is 0 Å². The number of carbonyl (C=O) groups is 1. The highest BCUT2D eigenvalue weighted by atomic mass is 19.1. The zero-order valence-corrected chi connectivity index (χ0v) is 10.3. The first-order valence-electron chi connectivity index (χ1n) is 5.20. The summed E-state index contributed by atoms with van der Waals surface area (Å²) in [5.74, 6) is -1.60. The minimum atomic E-state index is -0.840.